The second-order valence-corrected chi connectivity index (χ2v) is 8.57. The standard InChI is InChI=1S/C21H32N6O9/c1-10(2)5-12(22)18(32)26-15(7-17(30)31)20(34)27-14(6-11-8-23-9-24-11)19(33)25-13(21(35)36)3-4-16(28)29/h8-10,12-15H,3-7,22H2,1-2H3,(H,23,24)(H,25,33)(H,26,32)(H,27,34)(H,28,29)(H,30,31)(H,35,36). The van der Waals surface area contributed by atoms with Crippen LogP contribution in [0.5, 0.6) is 0 Å². The summed E-state index contributed by atoms with van der Waals surface area (Å²) in [4.78, 5) is 78.2. The van der Waals surface area contributed by atoms with E-state index in [4.69, 9.17) is 10.8 Å². The number of carboxylic acid groups (broad SMARTS) is 3. The van der Waals surface area contributed by atoms with Gasteiger partial charge in [0, 0.05) is 24.7 Å². The summed E-state index contributed by atoms with van der Waals surface area (Å²) in [5.74, 6) is -6.82. The van der Waals surface area contributed by atoms with Crippen LogP contribution in [0.3, 0.4) is 0 Å². The average Bonchev–Trinajstić information content (AvgIpc) is 3.27. The molecule has 0 fully saturated rings. The molecule has 0 bridgehead atoms. The van der Waals surface area contributed by atoms with E-state index in [1.165, 1.54) is 12.5 Å². The highest BCUT2D eigenvalue weighted by Crippen LogP contribution is 2.06. The molecule has 0 aliphatic rings. The second kappa shape index (κ2) is 14.4. The molecular weight excluding hydrogens is 480 g/mol. The molecule has 0 radical (unpaired) electrons. The largest absolute Gasteiger partial charge is 0.481 e. The number of hydrogen-bond acceptors (Lipinski definition) is 8. The first-order valence-corrected chi connectivity index (χ1v) is 11.1. The zero-order chi connectivity index (χ0) is 27.4. The summed E-state index contributed by atoms with van der Waals surface area (Å²) in [5.41, 5.74) is 6.19. The molecule has 15 nitrogen and oxygen atoms in total. The second-order valence-electron chi connectivity index (χ2n) is 8.57. The number of aromatic amines is 1. The maximum atomic E-state index is 12.9. The number of H-pyrrole nitrogens is 1. The van der Waals surface area contributed by atoms with Crippen LogP contribution in [-0.4, -0.2) is 85.1 Å². The zero-order valence-corrected chi connectivity index (χ0v) is 19.9. The first kappa shape index (κ1) is 30.0. The Labute approximate surface area is 206 Å². The van der Waals surface area contributed by atoms with Crippen LogP contribution in [0.25, 0.3) is 0 Å². The Hall–Kier alpha value is -4.01. The summed E-state index contributed by atoms with van der Waals surface area (Å²) < 4.78 is 0. The molecule has 1 heterocycles. The fourth-order valence-electron chi connectivity index (χ4n) is 3.17. The van der Waals surface area contributed by atoms with Gasteiger partial charge in [0.2, 0.25) is 17.7 Å². The summed E-state index contributed by atoms with van der Waals surface area (Å²) >= 11 is 0. The fourth-order valence-corrected chi connectivity index (χ4v) is 3.17. The van der Waals surface area contributed by atoms with E-state index < -0.39 is 79.1 Å². The number of imidazole rings is 1. The van der Waals surface area contributed by atoms with Crippen molar-refractivity contribution in [3.05, 3.63) is 18.2 Å². The lowest BCUT2D eigenvalue weighted by Gasteiger charge is -2.24. The molecule has 9 N–H and O–H groups in total. The van der Waals surface area contributed by atoms with Crippen LogP contribution in [0, 0.1) is 5.92 Å². The SMILES string of the molecule is CC(C)CC(N)C(=O)NC(CC(=O)O)C(=O)NC(Cc1cnc[nH]1)C(=O)NC(CCC(=O)O)C(=O)O. The van der Waals surface area contributed by atoms with E-state index in [0.29, 0.717) is 5.69 Å². The van der Waals surface area contributed by atoms with Crippen molar-refractivity contribution in [1.82, 2.24) is 25.9 Å². The predicted molar refractivity (Wildman–Crippen MR) is 122 cm³/mol. The van der Waals surface area contributed by atoms with Crippen molar-refractivity contribution in [2.24, 2.45) is 11.7 Å². The maximum absolute atomic E-state index is 12.9. The molecule has 1 rings (SSSR count). The summed E-state index contributed by atoms with van der Waals surface area (Å²) in [6, 6.07) is -5.54. The molecule has 3 amide bonds. The van der Waals surface area contributed by atoms with Gasteiger partial charge in [0.1, 0.15) is 18.1 Å². The van der Waals surface area contributed by atoms with Crippen molar-refractivity contribution in [2.45, 2.75) is 70.1 Å². The highest BCUT2D eigenvalue weighted by Gasteiger charge is 2.32. The van der Waals surface area contributed by atoms with E-state index in [2.05, 4.69) is 25.9 Å². The number of aromatic nitrogens is 2. The Bertz CT molecular complexity index is 934. The summed E-state index contributed by atoms with van der Waals surface area (Å²) in [6.07, 6.45) is 1.01. The number of hydrogen-bond donors (Lipinski definition) is 8. The minimum absolute atomic E-state index is 0.0586. The lowest BCUT2D eigenvalue weighted by Crippen LogP contribution is -2.58. The quantitative estimate of drug-likeness (QED) is 0.123. The molecule has 0 aliphatic heterocycles. The molecule has 0 aliphatic carbocycles. The van der Waals surface area contributed by atoms with E-state index >= 15 is 0 Å². The highest BCUT2D eigenvalue weighted by molar-refractivity contribution is 5.95. The number of nitrogens with two attached hydrogens (primary N) is 1. The van der Waals surface area contributed by atoms with Gasteiger partial charge in [0.15, 0.2) is 0 Å². The van der Waals surface area contributed by atoms with Crippen molar-refractivity contribution in [2.75, 3.05) is 0 Å². The Balaban J connectivity index is 3.07. The van der Waals surface area contributed by atoms with Crippen molar-refractivity contribution < 1.29 is 44.1 Å². The van der Waals surface area contributed by atoms with Gasteiger partial charge >= 0.3 is 17.9 Å². The van der Waals surface area contributed by atoms with Crippen LogP contribution in [-0.2, 0) is 35.2 Å². The van der Waals surface area contributed by atoms with E-state index in [1.54, 1.807) is 0 Å². The van der Waals surface area contributed by atoms with Crippen molar-refractivity contribution in [1.29, 1.82) is 0 Å². The van der Waals surface area contributed by atoms with E-state index in [0.717, 1.165) is 0 Å². The molecule has 0 saturated carbocycles. The Morgan fingerprint density at radius 1 is 0.917 bits per heavy atom. The predicted octanol–water partition coefficient (Wildman–Crippen LogP) is -1.80. The number of nitrogens with one attached hydrogen (secondary N) is 4. The maximum Gasteiger partial charge on any atom is 0.326 e. The molecule has 4 atom stereocenters. The number of nitrogens with zero attached hydrogens (tertiary/aromatic N) is 1. The van der Waals surface area contributed by atoms with Gasteiger partial charge in [-0.15, -0.1) is 0 Å². The molecule has 1 aromatic heterocycles. The van der Waals surface area contributed by atoms with Crippen molar-refractivity contribution >= 4 is 35.6 Å². The zero-order valence-electron chi connectivity index (χ0n) is 19.9. The lowest BCUT2D eigenvalue weighted by atomic mass is 10.0. The van der Waals surface area contributed by atoms with Crippen LogP contribution in [0.15, 0.2) is 12.5 Å². The highest BCUT2D eigenvalue weighted by atomic mass is 16.4. The van der Waals surface area contributed by atoms with Gasteiger partial charge in [-0.25, -0.2) is 9.78 Å². The molecule has 200 valence electrons. The first-order valence-electron chi connectivity index (χ1n) is 11.1. The van der Waals surface area contributed by atoms with E-state index in [9.17, 15) is 39.0 Å². The number of carboxylic acids is 3. The van der Waals surface area contributed by atoms with E-state index in [1.807, 2.05) is 13.8 Å². The average molecular weight is 513 g/mol. The van der Waals surface area contributed by atoms with Crippen LogP contribution in [0.2, 0.25) is 0 Å². The minimum Gasteiger partial charge on any atom is -0.481 e. The van der Waals surface area contributed by atoms with Gasteiger partial charge in [-0.05, 0) is 18.8 Å². The number of amides is 3. The lowest BCUT2D eigenvalue weighted by molar-refractivity contribution is -0.144. The van der Waals surface area contributed by atoms with Crippen molar-refractivity contribution in [3.8, 4) is 0 Å². The summed E-state index contributed by atoms with van der Waals surface area (Å²) in [6.45, 7) is 3.65. The smallest absolute Gasteiger partial charge is 0.326 e. The Kier molecular flexibility index (Phi) is 12.0. The topological polar surface area (TPSA) is 254 Å². The third-order valence-electron chi connectivity index (χ3n) is 4.95. The number of aliphatic carboxylic acids is 3. The van der Waals surface area contributed by atoms with Gasteiger partial charge in [-0.1, -0.05) is 13.8 Å². The van der Waals surface area contributed by atoms with E-state index in [-0.39, 0.29) is 18.8 Å². The first-order chi connectivity index (χ1) is 16.8. The van der Waals surface area contributed by atoms with Gasteiger partial charge in [-0.3, -0.25) is 24.0 Å². The third kappa shape index (κ3) is 10.9. The summed E-state index contributed by atoms with van der Waals surface area (Å²) in [5, 5.41) is 34.1. The number of carbonyl (C=O) groups excluding carboxylic acids is 3. The normalized spacial score (nSPS) is 14.2. The molecule has 4 unspecified atom stereocenters. The van der Waals surface area contributed by atoms with Gasteiger partial charge in [0.05, 0.1) is 18.8 Å². The summed E-state index contributed by atoms with van der Waals surface area (Å²) in [7, 11) is 0. The Morgan fingerprint density at radius 3 is 2.00 bits per heavy atom. The Morgan fingerprint density at radius 2 is 1.50 bits per heavy atom. The molecule has 36 heavy (non-hydrogen) atoms. The van der Waals surface area contributed by atoms with Gasteiger partial charge < -0.3 is 42.0 Å². The molecule has 1 aromatic rings. The van der Waals surface area contributed by atoms with Crippen molar-refractivity contribution in [3.63, 3.8) is 0 Å². The minimum atomic E-state index is -1.58. The van der Waals surface area contributed by atoms with Gasteiger partial charge in [0.25, 0.3) is 0 Å². The molecule has 0 saturated heterocycles. The van der Waals surface area contributed by atoms with Gasteiger partial charge in [-0.2, -0.15) is 0 Å². The molecule has 15 heteroatoms. The molecule has 0 spiro atoms. The molecule has 0 aromatic carbocycles. The number of rotatable bonds is 16. The van der Waals surface area contributed by atoms with Crippen LogP contribution < -0.4 is 21.7 Å². The van der Waals surface area contributed by atoms with Crippen LogP contribution in [0.1, 0.15) is 45.2 Å². The van der Waals surface area contributed by atoms with Crippen LogP contribution >= 0.6 is 0 Å². The fraction of sp³-hybridized carbons (Fsp3) is 0.571. The third-order valence-corrected chi connectivity index (χ3v) is 4.95. The number of carbonyl (C=O) groups is 6. The van der Waals surface area contributed by atoms with Crippen LogP contribution in [0.4, 0.5) is 0 Å². The molecular formula is C21H32N6O9. The monoisotopic (exact) mass is 512 g/mol.